The van der Waals surface area contributed by atoms with Crippen molar-refractivity contribution in [2.75, 3.05) is 23.1 Å². The van der Waals surface area contributed by atoms with E-state index in [0.29, 0.717) is 39.9 Å². The zero-order valence-electron chi connectivity index (χ0n) is 17.6. The van der Waals surface area contributed by atoms with Crippen molar-refractivity contribution in [3.8, 4) is 5.75 Å². The molecule has 32 heavy (non-hydrogen) atoms. The Balaban J connectivity index is 1.43. The number of thiazole rings is 1. The number of carbonyl (C=O) groups excluding carboxylic acids is 3. The maximum Gasteiger partial charge on any atom is 0.257 e. The first-order valence-corrected chi connectivity index (χ1v) is 10.9. The van der Waals surface area contributed by atoms with Crippen LogP contribution < -0.4 is 20.7 Å². The molecule has 0 bridgehead atoms. The van der Waals surface area contributed by atoms with Crippen LogP contribution >= 0.6 is 11.3 Å². The van der Waals surface area contributed by atoms with Crippen LogP contribution in [0.5, 0.6) is 5.75 Å². The predicted octanol–water partition coefficient (Wildman–Crippen LogP) is 4.03. The molecule has 3 N–H and O–H groups in total. The van der Waals surface area contributed by atoms with E-state index < -0.39 is 5.92 Å². The second-order valence-corrected chi connectivity index (χ2v) is 8.44. The van der Waals surface area contributed by atoms with Crippen molar-refractivity contribution < 1.29 is 19.1 Å². The maximum absolute atomic E-state index is 12.9. The molecule has 0 fully saturated rings. The van der Waals surface area contributed by atoms with Crippen LogP contribution in [0, 0.1) is 0 Å². The van der Waals surface area contributed by atoms with E-state index in [0.717, 1.165) is 11.3 Å². The van der Waals surface area contributed by atoms with Gasteiger partial charge >= 0.3 is 0 Å². The molecule has 3 amide bonds. The lowest BCUT2D eigenvalue weighted by molar-refractivity contribution is -0.117. The van der Waals surface area contributed by atoms with E-state index >= 15 is 0 Å². The molecule has 0 saturated heterocycles. The average Bonchev–Trinajstić information content (AvgIpc) is 3.33. The van der Waals surface area contributed by atoms with Gasteiger partial charge in [-0.2, -0.15) is 0 Å². The number of methoxy groups -OCH3 is 1. The molecule has 1 aromatic heterocycles. The van der Waals surface area contributed by atoms with Crippen LogP contribution in [0.25, 0.3) is 0 Å². The average molecular weight is 451 g/mol. The van der Waals surface area contributed by atoms with Crippen LogP contribution in [-0.4, -0.2) is 29.8 Å². The maximum atomic E-state index is 12.9. The summed E-state index contributed by atoms with van der Waals surface area (Å²) in [4.78, 5) is 42.2. The second-order valence-electron chi connectivity index (χ2n) is 7.35. The van der Waals surface area contributed by atoms with Crippen LogP contribution in [0.2, 0.25) is 0 Å². The number of rotatable bonds is 6. The van der Waals surface area contributed by atoms with Crippen molar-refractivity contribution in [3.05, 3.63) is 64.7 Å². The fourth-order valence-corrected chi connectivity index (χ4v) is 4.59. The molecule has 164 valence electrons. The van der Waals surface area contributed by atoms with Gasteiger partial charge in [-0.3, -0.25) is 19.7 Å². The van der Waals surface area contributed by atoms with Gasteiger partial charge in [-0.15, -0.1) is 11.3 Å². The third-order valence-corrected chi connectivity index (χ3v) is 6.10. The molecule has 1 heterocycles. The summed E-state index contributed by atoms with van der Waals surface area (Å²) in [7, 11) is 1.57. The number of aromatic nitrogens is 1. The first-order valence-electron chi connectivity index (χ1n) is 10.1. The monoisotopic (exact) mass is 450 g/mol. The summed E-state index contributed by atoms with van der Waals surface area (Å²) in [6.07, 6.45) is 1.40. The number of nitrogens with one attached hydrogen (secondary N) is 3. The molecule has 1 aliphatic rings. The van der Waals surface area contributed by atoms with E-state index in [1.54, 1.807) is 55.6 Å². The highest BCUT2D eigenvalue weighted by molar-refractivity contribution is 7.16. The molecule has 0 saturated carbocycles. The SMILES string of the molecule is COc1ccc(C(=O)Nc2nc3c(s2)CCC3C(=O)Nc2cccc(NC(C)=O)c2)cc1. The summed E-state index contributed by atoms with van der Waals surface area (Å²) < 4.78 is 5.11. The Bertz CT molecular complexity index is 1170. The molecule has 0 radical (unpaired) electrons. The van der Waals surface area contributed by atoms with Gasteiger partial charge in [0.1, 0.15) is 5.75 Å². The normalized spacial score (nSPS) is 14.4. The minimum Gasteiger partial charge on any atom is -0.497 e. The topological polar surface area (TPSA) is 109 Å². The number of amides is 3. The van der Waals surface area contributed by atoms with E-state index in [-0.39, 0.29) is 17.7 Å². The van der Waals surface area contributed by atoms with Gasteiger partial charge in [-0.25, -0.2) is 4.98 Å². The summed E-state index contributed by atoms with van der Waals surface area (Å²) in [5.41, 5.74) is 2.41. The molecular weight excluding hydrogens is 428 g/mol. The lowest BCUT2D eigenvalue weighted by Crippen LogP contribution is -2.20. The molecule has 3 aromatic rings. The first-order chi connectivity index (χ1) is 15.4. The first kappa shape index (κ1) is 21.5. The zero-order valence-corrected chi connectivity index (χ0v) is 18.4. The minimum absolute atomic E-state index is 0.165. The zero-order chi connectivity index (χ0) is 22.7. The smallest absolute Gasteiger partial charge is 0.257 e. The molecular formula is C23H22N4O4S. The van der Waals surface area contributed by atoms with Crippen molar-refractivity contribution in [2.24, 2.45) is 0 Å². The van der Waals surface area contributed by atoms with Crippen LogP contribution in [-0.2, 0) is 16.0 Å². The van der Waals surface area contributed by atoms with Gasteiger partial charge in [0, 0.05) is 28.7 Å². The van der Waals surface area contributed by atoms with Crippen molar-refractivity contribution in [1.29, 1.82) is 0 Å². The number of ether oxygens (including phenoxy) is 1. The van der Waals surface area contributed by atoms with Crippen molar-refractivity contribution in [2.45, 2.75) is 25.7 Å². The Morgan fingerprint density at radius 2 is 1.75 bits per heavy atom. The fourth-order valence-electron chi connectivity index (χ4n) is 3.55. The van der Waals surface area contributed by atoms with Gasteiger partial charge in [0.15, 0.2) is 5.13 Å². The Kier molecular flexibility index (Phi) is 6.18. The lowest BCUT2D eigenvalue weighted by atomic mass is 10.1. The highest BCUT2D eigenvalue weighted by Gasteiger charge is 2.33. The third-order valence-electron chi connectivity index (χ3n) is 5.06. The molecule has 1 aliphatic carbocycles. The van der Waals surface area contributed by atoms with Gasteiger partial charge in [0.05, 0.1) is 18.7 Å². The van der Waals surface area contributed by atoms with E-state index in [9.17, 15) is 14.4 Å². The van der Waals surface area contributed by atoms with Crippen LogP contribution in [0.4, 0.5) is 16.5 Å². The molecule has 9 heteroatoms. The summed E-state index contributed by atoms with van der Waals surface area (Å²) in [6.45, 7) is 1.43. The van der Waals surface area contributed by atoms with E-state index in [4.69, 9.17) is 4.74 Å². The molecule has 4 rings (SSSR count). The second kappa shape index (κ2) is 9.19. The summed E-state index contributed by atoms with van der Waals surface area (Å²) in [5.74, 6) is -0.331. The summed E-state index contributed by atoms with van der Waals surface area (Å²) in [5, 5.41) is 8.89. The van der Waals surface area contributed by atoms with Crippen molar-refractivity contribution in [3.63, 3.8) is 0 Å². The van der Waals surface area contributed by atoms with Gasteiger partial charge in [0.25, 0.3) is 5.91 Å². The van der Waals surface area contributed by atoms with Crippen molar-refractivity contribution >= 4 is 45.6 Å². The molecule has 2 aromatic carbocycles. The Morgan fingerprint density at radius 1 is 1.03 bits per heavy atom. The fraction of sp³-hybridized carbons (Fsp3) is 0.217. The van der Waals surface area contributed by atoms with Crippen LogP contribution in [0.1, 0.15) is 40.2 Å². The number of fused-ring (bicyclic) bond motifs is 1. The number of hydrogen-bond acceptors (Lipinski definition) is 6. The summed E-state index contributed by atoms with van der Waals surface area (Å²) in [6, 6.07) is 13.8. The van der Waals surface area contributed by atoms with Gasteiger partial charge in [-0.1, -0.05) is 6.07 Å². The minimum atomic E-state index is -0.391. The van der Waals surface area contributed by atoms with E-state index in [1.807, 2.05) is 0 Å². The Labute approximate surface area is 189 Å². The largest absolute Gasteiger partial charge is 0.497 e. The number of hydrogen-bond donors (Lipinski definition) is 3. The van der Waals surface area contributed by atoms with Gasteiger partial charge in [0.2, 0.25) is 11.8 Å². The van der Waals surface area contributed by atoms with E-state index in [2.05, 4.69) is 20.9 Å². The Morgan fingerprint density at radius 3 is 2.44 bits per heavy atom. The number of anilines is 3. The third kappa shape index (κ3) is 4.78. The Hall–Kier alpha value is -3.72. The predicted molar refractivity (Wildman–Crippen MR) is 123 cm³/mol. The molecule has 8 nitrogen and oxygen atoms in total. The molecule has 1 atom stereocenters. The van der Waals surface area contributed by atoms with Crippen LogP contribution in [0.15, 0.2) is 48.5 Å². The highest BCUT2D eigenvalue weighted by atomic mass is 32.1. The van der Waals surface area contributed by atoms with Crippen LogP contribution in [0.3, 0.4) is 0 Å². The molecule has 1 unspecified atom stereocenters. The van der Waals surface area contributed by atoms with E-state index in [1.165, 1.54) is 18.3 Å². The van der Waals surface area contributed by atoms with Crippen molar-refractivity contribution in [1.82, 2.24) is 4.98 Å². The number of aryl methyl sites for hydroxylation is 1. The number of nitrogens with zero attached hydrogens (tertiary/aromatic N) is 1. The quantitative estimate of drug-likeness (QED) is 0.525. The standard InChI is InChI=1S/C23H22N4O4S/c1-13(28)24-15-4-3-5-16(12-15)25-22(30)18-10-11-19-20(18)26-23(32-19)27-21(29)14-6-8-17(31-2)9-7-14/h3-9,12,18H,10-11H2,1-2H3,(H,24,28)(H,25,30)(H,26,27,29). The molecule has 0 spiro atoms. The number of carbonyl (C=O) groups is 3. The number of benzene rings is 2. The summed E-state index contributed by atoms with van der Waals surface area (Å²) >= 11 is 1.39. The van der Waals surface area contributed by atoms with Gasteiger partial charge < -0.3 is 15.4 Å². The lowest BCUT2D eigenvalue weighted by Gasteiger charge is -2.12. The highest BCUT2D eigenvalue weighted by Crippen LogP contribution is 2.39. The van der Waals surface area contributed by atoms with Gasteiger partial charge in [-0.05, 0) is 55.3 Å². The molecule has 0 aliphatic heterocycles.